The lowest BCUT2D eigenvalue weighted by atomic mass is 10.5. The molecule has 1 unspecified atom stereocenters. The first-order valence-electron chi connectivity index (χ1n) is 2.31. The van der Waals surface area contributed by atoms with Gasteiger partial charge in [-0.1, -0.05) is 0 Å². The fourth-order valence-corrected chi connectivity index (χ4v) is 1.24. The van der Waals surface area contributed by atoms with Gasteiger partial charge in [-0.05, 0) is 6.42 Å². The summed E-state index contributed by atoms with van der Waals surface area (Å²) < 4.78 is 20.0. The Bertz CT molecular complexity index is 205. The molecular weight excluding hydrogens is 128 g/mol. The quantitative estimate of drug-likeness (QED) is 0.470. The first-order valence-corrected chi connectivity index (χ1v) is 3.39. The molecule has 0 aromatic carbocycles. The molecule has 1 N–H and O–H groups in total. The van der Waals surface area contributed by atoms with Gasteiger partial charge in [-0.2, -0.15) is 8.42 Å². The number of hydrogen-bond acceptors (Lipinski definition) is 3. The highest BCUT2D eigenvalue weighted by molar-refractivity contribution is 7.73. The van der Waals surface area contributed by atoms with Crippen LogP contribution in [-0.2, 0) is 10.3 Å². The van der Waals surface area contributed by atoms with Crippen LogP contribution >= 0.6 is 0 Å². The Morgan fingerprint density at radius 2 is 2.38 bits per heavy atom. The maximum Gasteiger partial charge on any atom is 0.213 e. The van der Waals surface area contributed by atoms with Crippen molar-refractivity contribution in [1.29, 1.82) is 0 Å². The van der Waals surface area contributed by atoms with Crippen molar-refractivity contribution in [2.24, 2.45) is 5.92 Å². The molecule has 1 rings (SSSR count). The highest BCUT2D eigenvalue weighted by atomic mass is 32.2. The number of aliphatic hydroxyl groups is 1. The molecule has 0 saturated heterocycles. The molecule has 1 aliphatic carbocycles. The van der Waals surface area contributed by atoms with Crippen LogP contribution in [0.4, 0.5) is 0 Å². The highest BCUT2D eigenvalue weighted by Crippen LogP contribution is 2.23. The van der Waals surface area contributed by atoms with Gasteiger partial charge in [-0.15, -0.1) is 0 Å². The van der Waals surface area contributed by atoms with E-state index in [1.807, 2.05) is 0 Å². The molecule has 1 atom stereocenters. The Morgan fingerprint density at radius 3 is 2.50 bits per heavy atom. The summed E-state index contributed by atoms with van der Waals surface area (Å²) in [6.45, 7) is -0.0245. The topological polar surface area (TPSA) is 54.4 Å². The van der Waals surface area contributed by atoms with E-state index in [0.29, 0.717) is 11.3 Å². The second-order valence-electron chi connectivity index (χ2n) is 1.78. The first kappa shape index (κ1) is 5.78. The summed E-state index contributed by atoms with van der Waals surface area (Å²) in [6, 6.07) is 0. The van der Waals surface area contributed by atoms with Crippen LogP contribution in [0.1, 0.15) is 6.42 Å². The maximum absolute atomic E-state index is 9.98. The molecule has 0 bridgehead atoms. The van der Waals surface area contributed by atoms with Crippen molar-refractivity contribution in [3.05, 3.63) is 0 Å². The van der Waals surface area contributed by atoms with E-state index in [9.17, 15) is 8.42 Å². The van der Waals surface area contributed by atoms with Gasteiger partial charge in [0, 0.05) is 5.92 Å². The molecule has 0 radical (unpaired) electrons. The number of aliphatic hydroxyl groups excluding tert-OH is 1. The van der Waals surface area contributed by atoms with Crippen LogP contribution in [0.15, 0.2) is 0 Å². The largest absolute Gasteiger partial charge is 0.396 e. The minimum Gasteiger partial charge on any atom is -0.396 e. The summed E-state index contributed by atoms with van der Waals surface area (Å²) in [5.41, 5.74) is 0. The molecule has 3 nitrogen and oxygen atoms in total. The van der Waals surface area contributed by atoms with Crippen molar-refractivity contribution < 1.29 is 13.5 Å². The Labute approximate surface area is 48.5 Å². The van der Waals surface area contributed by atoms with Crippen molar-refractivity contribution in [2.45, 2.75) is 6.42 Å². The lowest BCUT2D eigenvalue weighted by molar-refractivity contribution is 0.285. The molecule has 4 heteroatoms. The smallest absolute Gasteiger partial charge is 0.213 e. The average Bonchev–Trinajstić information content (AvgIpc) is 2.42. The summed E-state index contributed by atoms with van der Waals surface area (Å²) in [6.07, 6.45) is 0.562. The highest BCUT2D eigenvalue weighted by Gasteiger charge is 2.32. The van der Waals surface area contributed by atoms with E-state index in [2.05, 4.69) is 0 Å². The van der Waals surface area contributed by atoms with Crippen molar-refractivity contribution in [1.82, 2.24) is 0 Å². The molecule has 0 amide bonds. The molecule has 0 aliphatic heterocycles. The van der Waals surface area contributed by atoms with Gasteiger partial charge in [-0.3, -0.25) is 0 Å². The fourth-order valence-electron chi connectivity index (χ4n) is 0.554. The van der Waals surface area contributed by atoms with E-state index >= 15 is 0 Å². The second kappa shape index (κ2) is 1.87. The summed E-state index contributed by atoms with van der Waals surface area (Å²) in [7, 11) is -2.03. The Kier molecular flexibility index (Phi) is 1.35. The van der Waals surface area contributed by atoms with Crippen LogP contribution < -0.4 is 0 Å². The van der Waals surface area contributed by atoms with Crippen molar-refractivity contribution in [3.8, 4) is 0 Å². The molecule has 8 heavy (non-hydrogen) atoms. The van der Waals surface area contributed by atoms with Gasteiger partial charge in [0.05, 0.1) is 11.5 Å². The van der Waals surface area contributed by atoms with E-state index in [-0.39, 0.29) is 12.5 Å². The third-order valence-electron chi connectivity index (χ3n) is 1.18. The molecule has 1 saturated carbocycles. The molecule has 0 aromatic heterocycles. The zero-order valence-electron chi connectivity index (χ0n) is 4.16. The maximum atomic E-state index is 9.98. The summed E-state index contributed by atoms with van der Waals surface area (Å²) in [4.78, 5) is 0.465. The van der Waals surface area contributed by atoms with E-state index in [1.54, 1.807) is 0 Å². The van der Waals surface area contributed by atoms with E-state index in [4.69, 9.17) is 5.11 Å². The van der Waals surface area contributed by atoms with E-state index in [1.165, 1.54) is 0 Å². The zero-order valence-corrected chi connectivity index (χ0v) is 4.98. The van der Waals surface area contributed by atoms with Gasteiger partial charge in [0.15, 0.2) is 0 Å². The van der Waals surface area contributed by atoms with Gasteiger partial charge >= 0.3 is 0 Å². The van der Waals surface area contributed by atoms with Crippen LogP contribution in [0.3, 0.4) is 0 Å². The van der Waals surface area contributed by atoms with Crippen LogP contribution in [0.5, 0.6) is 0 Å². The predicted octanol–water partition coefficient (Wildman–Crippen LogP) is -0.950. The lowest BCUT2D eigenvalue weighted by Crippen LogP contribution is -1.86. The molecule has 0 aromatic rings. The Hall–Kier alpha value is -0.350. The zero-order chi connectivity index (χ0) is 6.15. The van der Waals surface area contributed by atoms with Crippen molar-refractivity contribution in [3.63, 3.8) is 0 Å². The van der Waals surface area contributed by atoms with Crippen LogP contribution in [-0.4, -0.2) is 25.0 Å². The molecule has 0 spiro atoms. The minimum absolute atomic E-state index is 0.0245. The van der Waals surface area contributed by atoms with Gasteiger partial charge in [-0.25, -0.2) is 0 Å². The van der Waals surface area contributed by atoms with Crippen LogP contribution in [0.2, 0.25) is 0 Å². The number of hydrogen-bond donors (Lipinski definition) is 1. The Morgan fingerprint density at radius 1 is 1.75 bits per heavy atom. The average molecular weight is 134 g/mol. The molecule has 46 valence electrons. The van der Waals surface area contributed by atoms with Crippen molar-refractivity contribution in [2.75, 3.05) is 6.61 Å². The summed E-state index contributed by atoms with van der Waals surface area (Å²) in [5, 5.41) is 8.33. The summed E-state index contributed by atoms with van der Waals surface area (Å²) >= 11 is 0. The second-order valence-corrected chi connectivity index (χ2v) is 2.78. The third kappa shape index (κ3) is 0.900. The van der Waals surface area contributed by atoms with E-state index in [0.717, 1.165) is 0 Å². The van der Waals surface area contributed by atoms with Gasteiger partial charge in [0.1, 0.15) is 0 Å². The first-order chi connectivity index (χ1) is 3.75. The molecule has 0 heterocycles. The van der Waals surface area contributed by atoms with Gasteiger partial charge in [0.25, 0.3) is 0 Å². The fraction of sp³-hybridized carbons (Fsp3) is 0.750. The van der Waals surface area contributed by atoms with Crippen molar-refractivity contribution >= 4 is 15.2 Å². The Balaban J connectivity index is 2.75. The summed E-state index contributed by atoms with van der Waals surface area (Å²) in [5.74, 6) is -0.0478. The lowest BCUT2D eigenvalue weighted by Gasteiger charge is -1.73. The van der Waals surface area contributed by atoms with E-state index < -0.39 is 10.3 Å². The van der Waals surface area contributed by atoms with Crippen LogP contribution in [0.25, 0.3) is 0 Å². The SMILES string of the molecule is O=S(=O)=C1CC1CO. The van der Waals surface area contributed by atoms with Gasteiger partial charge < -0.3 is 5.11 Å². The molecular formula is C4H6O3S. The van der Waals surface area contributed by atoms with Crippen LogP contribution in [0, 0.1) is 5.92 Å². The standard InChI is InChI=1S/C4H6O3S/c5-2-3-1-4(3)8(6)7/h3,5H,1-2H2. The monoisotopic (exact) mass is 134 g/mol. The number of rotatable bonds is 1. The minimum atomic E-state index is -2.03. The normalized spacial score (nSPS) is 25.6. The predicted molar refractivity (Wildman–Crippen MR) is 29.1 cm³/mol. The molecule has 1 fully saturated rings. The molecule has 1 aliphatic rings. The van der Waals surface area contributed by atoms with Gasteiger partial charge in [0.2, 0.25) is 10.3 Å². The third-order valence-corrected chi connectivity index (χ3v) is 2.11.